The zero-order chi connectivity index (χ0) is 19.2. The summed E-state index contributed by atoms with van der Waals surface area (Å²) < 4.78 is 15.2. The number of carbonyl (C=O) groups excluding carboxylic acids is 1. The quantitative estimate of drug-likeness (QED) is 0.568. The fourth-order valence-electron chi connectivity index (χ4n) is 3.96. The highest BCUT2D eigenvalue weighted by Crippen LogP contribution is 2.33. The molecule has 2 aromatic heterocycles. The standard InChI is InChI=1S/C20H23FN5O/c1-13(27)14-4-5-18(17(21)10-14)26(2,3)15-7-9-25(11-15)20-16-6-8-22-19(16)23-12-24-20/h4-6,8,10,12,15H,7,9,11H2,1-3H3,(H,22,23,24)/q+1. The Bertz CT molecular complexity index is 1010. The third-order valence-electron chi connectivity index (χ3n) is 5.68. The number of rotatable bonds is 4. The van der Waals surface area contributed by atoms with Crippen molar-refractivity contribution < 1.29 is 9.18 Å². The number of quaternary nitrogens is 1. The minimum Gasteiger partial charge on any atom is -0.350 e. The van der Waals surface area contributed by atoms with E-state index in [2.05, 4.69) is 19.9 Å². The Kier molecular flexibility index (Phi) is 4.19. The first kappa shape index (κ1) is 17.6. The number of carbonyl (C=O) groups is 1. The third kappa shape index (κ3) is 2.98. The molecule has 0 amide bonds. The van der Waals surface area contributed by atoms with Gasteiger partial charge in [-0.15, -0.1) is 0 Å². The van der Waals surface area contributed by atoms with E-state index in [9.17, 15) is 9.18 Å². The van der Waals surface area contributed by atoms with Crippen LogP contribution >= 0.6 is 0 Å². The van der Waals surface area contributed by atoms with E-state index >= 15 is 0 Å². The topological polar surface area (TPSA) is 61.9 Å². The first-order chi connectivity index (χ1) is 12.9. The van der Waals surface area contributed by atoms with Crippen LogP contribution < -0.4 is 9.38 Å². The van der Waals surface area contributed by atoms with E-state index in [1.165, 1.54) is 13.0 Å². The van der Waals surface area contributed by atoms with Crippen LogP contribution in [0.25, 0.3) is 11.0 Å². The predicted molar refractivity (Wildman–Crippen MR) is 105 cm³/mol. The normalized spacial score (nSPS) is 17.6. The van der Waals surface area contributed by atoms with E-state index in [-0.39, 0.29) is 17.6 Å². The van der Waals surface area contributed by atoms with Crippen LogP contribution in [0.1, 0.15) is 23.7 Å². The van der Waals surface area contributed by atoms with Crippen LogP contribution in [0.3, 0.4) is 0 Å². The maximum atomic E-state index is 14.7. The van der Waals surface area contributed by atoms with Gasteiger partial charge < -0.3 is 9.88 Å². The van der Waals surface area contributed by atoms with E-state index in [0.29, 0.717) is 15.7 Å². The molecule has 1 atom stereocenters. The second-order valence-electron chi connectivity index (χ2n) is 7.59. The average molecular weight is 368 g/mol. The van der Waals surface area contributed by atoms with Gasteiger partial charge in [-0.1, -0.05) is 0 Å². The van der Waals surface area contributed by atoms with Crippen molar-refractivity contribution in [1.29, 1.82) is 0 Å². The fourth-order valence-corrected chi connectivity index (χ4v) is 3.96. The summed E-state index contributed by atoms with van der Waals surface area (Å²) in [7, 11) is 4.04. The highest BCUT2D eigenvalue weighted by atomic mass is 19.1. The summed E-state index contributed by atoms with van der Waals surface area (Å²) in [4.78, 5) is 25.6. The largest absolute Gasteiger partial charge is 0.350 e. The molecule has 3 aromatic rings. The SMILES string of the molecule is CC(=O)c1ccc([N+](C)(C)C2CCN(c3ncnc4[nH]ccc34)C2)c(F)c1. The van der Waals surface area contributed by atoms with Crippen LogP contribution in [0.2, 0.25) is 0 Å². The summed E-state index contributed by atoms with van der Waals surface area (Å²) in [6.45, 7) is 3.09. The molecule has 27 heavy (non-hydrogen) atoms. The van der Waals surface area contributed by atoms with Gasteiger partial charge in [0.15, 0.2) is 17.3 Å². The molecule has 1 N–H and O–H groups in total. The molecule has 6 nitrogen and oxygen atoms in total. The molecule has 1 fully saturated rings. The van der Waals surface area contributed by atoms with E-state index in [0.717, 1.165) is 36.4 Å². The zero-order valence-corrected chi connectivity index (χ0v) is 15.7. The molecule has 3 heterocycles. The van der Waals surface area contributed by atoms with Crippen molar-refractivity contribution in [3.63, 3.8) is 0 Å². The number of hydrogen-bond donors (Lipinski definition) is 1. The summed E-state index contributed by atoms with van der Waals surface area (Å²) >= 11 is 0. The number of benzene rings is 1. The van der Waals surface area contributed by atoms with Gasteiger partial charge in [-0.3, -0.25) is 9.28 Å². The molecule has 140 valence electrons. The van der Waals surface area contributed by atoms with Gasteiger partial charge in [0.05, 0.1) is 26.0 Å². The molecule has 0 saturated carbocycles. The lowest BCUT2D eigenvalue weighted by atomic mass is 10.1. The fraction of sp³-hybridized carbons (Fsp3) is 0.350. The first-order valence-corrected chi connectivity index (χ1v) is 9.05. The molecule has 1 aliphatic heterocycles. The average Bonchev–Trinajstić information content (AvgIpc) is 3.30. The molecule has 1 aliphatic rings. The number of nitrogens with zero attached hydrogens (tertiary/aromatic N) is 4. The second kappa shape index (κ2) is 6.42. The van der Waals surface area contributed by atoms with Crippen molar-refractivity contribution >= 4 is 28.3 Å². The summed E-state index contributed by atoms with van der Waals surface area (Å²) in [5.74, 6) is 0.453. The van der Waals surface area contributed by atoms with Gasteiger partial charge in [0.25, 0.3) is 0 Å². The number of likely N-dealkylation sites (N-methyl/N-ethyl adjacent to an activating group) is 1. The minimum atomic E-state index is -0.332. The van der Waals surface area contributed by atoms with Crippen LogP contribution in [0.4, 0.5) is 15.9 Å². The van der Waals surface area contributed by atoms with Gasteiger partial charge in [-0.05, 0) is 25.1 Å². The van der Waals surface area contributed by atoms with Crippen molar-refractivity contribution in [2.45, 2.75) is 19.4 Å². The van der Waals surface area contributed by atoms with Crippen LogP contribution in [-0.4, -0.2) is 54.0 Å². The number of ketones is 1. The Morgan fingerprint density at radius 2 is 2.11 bits per heavy atom. The number of H-pyrrole nitrogens is 1. The van der Waals surface area contributed by atoms with Gasteiger partial charge in [-0.25, -0.2) is 14.4 Å². The van der Waals surface area contributed by atoms with Crippen LogP contribution in [-0.2, 0) is 0 Å². The van der Waals surface area contributed by atoms with Crippen LogP contribution in [0.15, 0.2) is 36.8 Å². The number of nitrogens with one attached hydrogen (secondary N) is 1. The third-order valence-corrected chi connectivity index (χ3v) is 5.68. The van der Waals surface area contributed by atoms with E-state index < -0.39 is 0 Å². The number of halogens is 1. The lowest BCUT2D eigenvalue weighted by molar-refractivity contribution is 0.101. The number of anilines is 1. The number of Topliss-reactive ketones (excluding diaryl/α,β-unsaturated/α-hetero) is 1. The van der Waals surface area contributed by atoms with Crippen molar-refractivity contribution in [3.8, 4) is 0 Å². The highest BCUT2D eigenvalue weighted by Gasteiger charge is 2.39. The lowest BCUT2D eigenvalue weighted by Gasteiger charge is -2.35. The minimum absolute atomic E-state index is 0.128. The molecule has 0 bridgehead atoms. The van der Waals surface area contributed by atoms with Crippen molar-refractivity contribution in [1.82, 2.24) is 19.4 Å². The molecule has 1 unspecified atom stereocenters. The Hall–Kier alpha value is -2.80. The molecule has 4 rings (SSSR count). The van der Waals surface area contributed by atoms with Crippen molar-refractivity contribution in [2.24, 2.45) is 0 Å². The number of hydrogen-bond acceptors (Lipinski definition) is 4. The van der Waals surface area contributed by atoms with Gasteiger partial charge in [0.1, 0.15) is 23.8 Å². The lowest BCUT2D eigenvalue weighted by Crippen LogP contribution is -2.51. The van der Waals surface area contributed by atoms with E-state index in [1.807, 2.05) is 26.4 Å². The molecule has 7 heteroatoms. The first-order valence-electron chi connectivity index (χ1n) is 9.05. The van der Waals surface area contributed by atoms with Gasteiger partial charge in [-0.2, -0.15) is 0 Å². The molecular weight excluding hydrogens is 345 g/mol. The van der Waals surface area contributed by atoms with E-state index in [4.69, 9.17) is 0 Å². The summed E-state index contributed by atoms with van der Waals surface area (Å²) in [6.07, 6.45) is 4.36. The second-order valence-corrected chi connectivity index (χ2v) is 7.59. The maximum absolute atomic E-state index is 14.7. The molecule has 1 saturated heterocycles. The van der Waals surface area contributed by atoms with Gasteiger partial charge >= 0.3 is 0 Å². The number of aromatic amines is 1. The predicted octanol–water partition coefficient (Wildman–Crippen LogP) is 3.15. The maximum Gasteiger partial charge on any atom is 0.184 e. The zero-order valence-electron chi connectivity index (χ0n) is 15.7. The Labute approximate surface area is 157 Å². The summed E-state index contributed by atoms with van der Waals surface area (Å²) in [5.41, 5.74) is 1.82. The van der Waals surface area contributed by atoms with E-state index in [1.54, 1.807) is 18.5 Å². The molecule has 0 radical (unpaired) electrons. The smallest absolute Gasteiger partial charge is 0.184 e. The molecular formula is C20H23FN5O+. The van der Waals surface area contributed by atoms with Crippen molar-refractivity contribution in [2.75, 3.05) is 32.1 Å². The summed E-state index contributed by atoms with van der Waals surface area (Å²) in [6, 6.07) is 6.99. The summed E-state index contributed by atoms with van der Waals surface area (Å²) in [5, 5.41) is 1.00. The van der Waals surface area contributed by atoms with Crippen molar-refractivity contribution in [3.05, 3.63) is 48.2 Å². The number of fused-ring (bicyclic) bond motifs is 1. The Morgan fingerprint density at radius 1 is 1.30 bits per heavy atom. The molecule has 0 spiro atoms. The van der Waals surface area contributed by atoms with Crippen LogP contribution in [0.5, 0.6) is 0 Å². The van der Waals surface area contributed by atoms with Crippen LogP contribution in [0, 0.1) is 5.82 Å². The molecule has 1 aromatic carbocycles. The van der Waals surface area contributed by atoms with Gasteiger partial charge in [0.2, 0.25) is 0 Å². The van der Waals surface area contributed by atoms with Gasteiger partial charge in [0, 0.05) is 30.8 Å². The highest BCUT2D eigenvalue weighted by molar-refractivity contribution is 5.94. The molecule has 0 aliphatic carbocycles. The monoisotopic (exact) mass is 368 g/mol. The Balaban J connectivity index is 1.61. The Morgan fingerprint density at radius 3 is 2.85 bits per heavy atom. The number of aromatic nitrogens is 3.